The second-order valence-corrected chi connectivity index (χ2v) is 5.07. The summed E-state index contributed by atoms with van der Waals surface area (Å²) in [5.41, 5.74) is 1.95. The molecule has 1 aromatic carbocycles. The van der Waals surface area contributed by atoms with Crippen molar-refractivity contribution in [1.29, 1.82) is 0 Å². The van der Waals surface area contributed by atoms with Gasteiger partial charge >= 0.3 is 5.97 Å². The second kappa shape index (κ2) is 5.23. The van der Waals surface area contributed by atoms with Crippen molar-refractivity contribution in [2.45, 2.75) is 18.1 Å². The zero-order chi connectivity index (χ0) is 12.3. The number of benzene rings is 1. The van der Waals surface area contributed by atoms with Crippen LogP contribution in [0.15, 0.2) is 24.3 Å². The summed E-state index contributed by atoms with van der Waals surface area (Å²) in [6, 6.07) is 7.68. The Morgan fingerprint density at radius 3 is 3.00 bits per heavy atom. The number of amides is 1. The molecule has 17 heavy (non-hydrogen) atoms. The van der Waals surface area contributed by atoms with Crippen LogP contribution in [0, 0.1) is 0 Å². The summed E-state index contributed by atoms with van der Waals surface area (Å²) < 4.78 is 0. The van der Waals surface area contributed by atoms with Crippen molar-refractivity contribution in [3.05, 3.63) is 29.8 Å². The molecule has 1 atom stereocenters. The normalized spacial score (nSPS) is 19.1. The van der Waals surface area contributed by atoms with E-state index in [0.29, 0.717) is 6.42 Å². The van der Waals surface area contributed by atoms with Gasteiger partial charge in [0.15, 0.2) is 0 Å². The number of hydrogen-bond acceptors (Lipinski definition) is 3. The molecule has 2 N–H and O–H groups in total. The van der Waals surface area contributed by atoms with Gasteiger partial charge in [-0.15, -0.1) is 11.8 Å². The predicted octanol–water partition coefficient (Wildman–Crippen LogP) is 1.76. The number of carbonyl (C=O) groups excluding carboxylic acids is 1. The van der Waals surface area contributed by atoms with Crippen LogP contribution in [-0.4, -0.2) is 28.0 Å². The zero-order valence-electron chi connectivity index (χ0n) is 9.18. The number of hydrogen-bond donors (Lipinski definition) is 2. The lowest BCUT2D eigenvalue weighted by atomic mass is 10.1. The lowest BCUT2D eigenvalue weighted by Crippen LogP contribution is -2.24. The van der Waals surface area contributed by atoms with E-state index < -0.39 is 5.97 Å². The van der Waals surface area contributed by atoms with Gasteiger partial charge in [0.1, 0.15) is 0 Å². The SMILES string of the molecule is O=C(O)CS[C@@H]1CCc2ccccc2NC1=O. The van der Waals surface area contributed by atoms with E-state index in [0.717, 1.165) is 17.7 Å². The van der Waals surface area contributed by atoms with Gasteiger partial charge in [0.25, 0.3) is 0 Å². The highest BCUT2D eigenvalue weighted by Crippen LogP contribution is 2.26. The average molecular weight is 251 g/mol. The van der Waals surface area contributed by atoms with Gasteiger partial charge in [0, 0.05) is 5.69 Å². The average Bonchev–Trinajstić information content (AvgIpc) is 2.45. The molecule has 0 saturated carbocycles. The summed E-state index contributed by atoms with van der Waals surface area (Å²) in [5, 5.41) is 11.2. The Bertz CT molecular complexity index is 447. The minimum Gasteiger partial charge on any atom is -0.481 e. The van der Waals surface area contributed by atoms with Gasteiger partial charge in [-0.05, 0) is 24.5 Å². The maximum Gasteiger partial charge on any atom is 0.313 e. The van der Waals surface area contributed by atoms with Crippen LogP contribution in [0.2, 0.25) is 0 Å². The third-order valence-corrected chi connectivity index (χ3v) is 3.92. The predicted molar refractivity (Wildman–Crippen MR) is 67.3 cm³/mol. The summed E-state index contributed by atoms with van der Waals surface area (Å²) in [4.78, 5) is 22.4. The van der Waals surface area contributed by atoms with E-state index in [2.05, 4.69) is 5.32 Å². The van der Waals surface area contributed by atoms with E-state index in [-0.39, 0.29) is 16.9 Å². The molecule has 0 radical (unpaired) electrons. The fourth-order valence-electron chi connectivity index (χ4n) is 1.82. The quantitative estimate of drug-likeness (QED) is 0.859. The Kier molecular flexibility index (Phi) is 3.68. The molecule has 0 spiro atoms. The molecule has 1 aromatic rings. The van der Waals surface area contributed by atoms with Crippen LogP contribution in [-0.2, 0) is 16.0 Å². The van der Waals surface area contributed by atoms with E-state index >= 15 is 0 Å². The van der Waals surface area contributed by atoms with E-state index in [4.69, 9.17) is 5.11 Å². The molecule has 1 amide bonds. The number of nitrogens with one attached hydrogen (secondary N) is 1. The van der Waals surface area contributed by atoms with Crippen LogP contribution < -0.4 is 5.32 Å². The number of thioether (sulfide) groups is 1. The molecular weight excluding hydrogens is 238 g/mol. The molecule has 1 heterocycles. The highest BCUT2D eigenvalue weighted by molar-refractivity contribution is 8.01. The van der Waals surface area contributed by atoms with Crippen LogP contribution in [0.1, 0.15) is 12.0 Å². The fourth-order valence-corrected chi connectivity index (χ4v) is 2.66. The fraction of sp³-hybridized carbons (Fsp3) is 0.333. The standard InChI is InChI=1S/C12H13NO3S/c14-11(15)7-17-10-6-5-8-3-1-2-4-9(8)13-12(10)16/h1-4,10H,5-7H2,(H,13,16)(H,14,15)/t10-/m1/s1. The largest absolute Gasteiger partial charge is 0.481 e. The molecule has 0 saturated heterocycles. The minimum absolute atomic E-state index is 0.0333. The van der Waals surface area contributed by atoms with Crippen molar-refractivity contribution in [2.75, 3.05) is 11.1 Å². The van der Waals surface area contributed by atoms with Crippen molar-refractivity contribution in [2.24, 2.45) is 0 Å². The number of para-hydroxylation sites is 1. The molecular formula is C12H13NO3S. The molecule has 0 fully saturated rings. The van der Waals surface area contributed by atoms with Crippen LogP contribution in [0.5, 0.6) is 0 Å². The number of carbonyl (C=O) groups is 2. The Hall–Kier alpha value is -1.49. The molecule has 2 rings (SSSR count). The summed E-state index contributed by atoms with van der Waals surface area (Å²) >= 11 is 1.19. The lowest BCUT2D eigenvalue weighted by molar-refractivity contribution is -0.133. The van der Waals surface area contributed by atoms with Gasteiger partial charge in [0.2, 0.25) is 5.91 Å². The van der Waals surface area contributed by atoms with Gasteiger partial charge in [-0.2, -0.15) is 0 Å². The van der Waals surface area contributed by atoms with Gasteiger partial charge in [0.05, 0.1) is 11.0 Å². The molecule has 1 aliphatic rings. The third kappa shape index (κ3) is 3.00. The summed E-state index contributed by atoms with van der Waals surface area (Å²) in [5.74, 6) is -1.01. The van der Waals surface area contributed by atoms with E-state index in [1.165, 1.54) is 11.8 Å². The number of aliphatic carboxylic acids is 1. The minimum atomic E-state index is -0.885. The molecule has 4 nitrogen and oxygen atoms in total. The van der Waals surface area contributed by atoms with E-state index in [1.54, 1.807) is 0 Å². The molecule has 0 aliphatic carbocycles. The monoisotopic (exact) mass is 251 g/mol. The molecule has 90 valence electrons. The van der Waals surface area contributed by atoms with Gasteiger partial charge in [-0.3, -0.25) is 9.59 Å². The number of rotatable bonds is 3. The molecule has 0 unspecified atom stereocenters. The number of fused-ring (bicyclic) bond motifs is 1. The van der Waals surface area contributed by atoms with Crippen molar-refractivity contribution >= 4 is 29.3 Å². The van der Waals surface area contributed by atoms with Crippen LogP contribution in [0.4, 0.5) is 5.69 Å². The maximum absolute atomic E-state index is 11.9. The Morgan fingerprint density at radius 1 is 1.47 bits per heavy atom. The first-order valence-corrected chi connectivity index (χ1v) is 6.44. The van der Waals surface area contributed by atoms with Gasteiger partial charge < -0.3 is 10.4 Å². The number of aryl methyl sites for hydroxylation is 1. The first-order valence-electron chi connectivity index (χ1n) is 5.39. The summed E-state index contributed by atoms with van der Waals surface area (Å²) in [7, 11) is 0. The summed E-state index contributed by atoms with van der Waals surface area (Å²) in [6.07, 6.45) is 1.48. The van der Waals surface area contributed by atoms with E-state index in [9.17, 15) is 9.59 Å². The smallest absolute Gasteiger partial charge is 0.313 e. The Morgan fingerprint density at radius 2 is 2.24 bits per heavy atom. The van der Waals surface area contributed by atoms with Crippen molar-refractivity contribution in [3.63, 3.8) is 0 Å². The van der Waals surface area contributed by atoms with Crippen molar-refractivity contribution < 1.29 is 14.7 Å². The third-order valence-electron chi connectivity index (χ3n) is 2.65. The van der Waals surface area contributed by atoms with Crippen molar-refractivity contribution in [3.8, 4) is 0 Å². The lowest BCUT2D eigenvalue weighted by Gasteiger charge is -2.10. The Labute approximate surface area is 103 Å². The zero-order valence-corrected chi connectivity index (χ0v) is 10.00. The number of carboxylic acids is 1. The van der Waals surface area contributed by atoms with Gasteiger partial charge in [-0.1, -0.05) is 18.2 Å². The van der Waals surface area contributed by atoms with Gasteiger partial charge in [-0.25, -0.2) is 0 Å². The highest BCUT2D eigenvalue weighted by atomic mass is 32.2. The highest BCUT2D eigenvalue weighted by Gasteiger charge is 2.24. The van der Waals surface area contributed by atoms with Crippen molar-refractivity contribution in [1.82, 2.24) is 0 Å². The molecule has 0 bridgehead atoms. The second-order valence-electron chi connectivity index (χ2n) is 3.88. The molecule has 1 aliphatic heterocycles. The van der Waals surface area contributed by atoms with Crippen LogP contribution in [0.3, 0.4) is 0 Å². The topological polar surface area (TPSA) is 66.4 Å². The summed E-state index contributed by atoms with van der Waals surface area (Å²) in [6.45, 7) is 0. The first-order chi connectivity index (χ1) is 8.16. The van der Waals surface area contributed by atoms with Crippen LogP contribution in [0.25, 0.3) is 0 Å². The molecule has 5 heteroatoms. The Balaban J connectivity index is 2.07. The maximum atomic E-state index is 11.9. The van der Waals surface area contributed by atoms with E-state index in [1.807, 2.05) is 24.3 Å². The number of anilines is 1. The van der Waals surface area contributed by atoms with Crippen LogP contribution >= 0.6 is 11.8 Å². The number of carboxylic acid groups (broad SMARTS) is 1. The molecule has 0 aromatic heterocycles. The first kappa shape index (κ1) is 12.0.